The quantitative estimate of drug-likeness (QED) is 0.600. The number of nitrogens with zero attached hydrogens (tertiary/aromatic N) is 3. The van der Waals surface area contributed by atoms with E-state index < -0.39 is 5.91 Å². The number of halogens is 1. The number of nitrogens with two attached hydrogens (primary N) is 1. The fraction of sp³-hybridized carbons (Fsp3) is 0.211. The molecule has 0 saturated heterocycles. The number of benzene rings is 2. The van der Waals surface area contributed by atoms with Gasteiger partial charge < -0.3 is 10.5 Å². The van der Waals surface area contributed by atoms with Gasteiger partial charge in [-0.15, -0.1) is 10.2 Å². The number of carbonyl (C=O) groups is 1. The summed E-state index contributed by atoms with van der Waals surface area (Å²) in [6.45, 7) is 2.49. The third-order valence-corrected chi connectivity index (χ3v) is 4.66. The summed E-state index contributed by atoms with van der Waals surface area (Å²) < 4.78 is 21.6. The van der Waals surface area contributed by atoms with Gasteiger partial charge >= 0.3 is 0 Å². The molecule has 1 heterocycles. The SMILES string of the molecule is CCOc1ccc(-c2nnc(SCCC(N)=O)n2-c2ccccc2F)cc1. The Morgan fingerprint density at radius 3 is 2.59 bits per heavy atom. The van der Waals surface area contributed by atoms with E-state index in [9.17, 15) is 9.18 Å². The average Bonchev–Trinajstić information content (AvgIpc) is 3.06. The van der Waals surface area contributed by atoms with E-state index in [-0.39, 0.29) is 12.2 Å². The summed E-state index contributed by atoms with van der Waals surface area (Å²) >= 11 is 1.30. The van der Waals surface area contributed by atoms with Crippen LogP contribution in [0.15, 0.2) is 53.7 Å². The van der Waals surface area contributed by atoms with Crippen molar-refractivity contribution in [1.82, 2.24) is 14.8 Å². The molecule has 27 heavy (non-hydrogen) atoms. The lowest BCUT2D eigenvalue weighted by molar-refractivity contribution is -0.117. The maximum atomic E-state index is 14.5. The number of amides is 1. The molecule has 6 nitrogen and oxygen atoms in total. The van der Waals surface area contributed by atoms with Gasteiger partial charge in [0.2, 0.25) is 5.91 Å². The number of hydrogen-bond donors (Lipinski definition) is 1. The van der Waals surface area contributed by atoms with Crippen LogP contribution in [0.1, 0.15) is 13.3 Å². The van der Waals surface area contributed by atoms with Crippen LogP contribution in [-0.4, -0.2) is 33.0 Å². The summed E-state index contributed by atoms with van der Waals surface area (Å²) in [6, 6.07) is 13.8. The van der Waals surface area contributed by atoms with E-state index in [1.807, 2.05) is 31.2 Å². The Labute approximate surface area is 160 Å². The largest absolute Gasteiger partial charge is 0.494 e. The van der Waals surface area contributed by atoms with Crippen molar-refractivity contribution >= 4 is 17.7 Å². The molecule has 0 aliphatic carbocycles. The third-order valence-electron chi connectivity index (χ3n) is 3.73. The van der Waals surface area contributed by atoms with Gasteiger partial charge in [-0.25, -0.2) is 4.39 Å². The summed E-state index contributed by atoms with van der Waals surface area (Å²) in [5.74, 6) is 0.900. The number of para-hydroxylation sites is 1. The van der Waals surface area contributed by atoms with E-state index in [0.29, 0.717) is 29.0 Å². The number of hydrogen-bond acceptors (Lipinski definition) is 5. The summed E-state index contributed by atoms with van der Waals surface area (Å²) in [5.41, 5.74) is 6.31. The first-order chi connectivity index (χ1) is 13.1. The molecule has 3 rings (SSSR count). The monoisotopic (exact) mass is 386 g/mol. The van der Waals surface area contributed by atoms with Crippen molar-refractivity contribution in [1.29, 1.82) is 0 Å². The third kappa shape index (κ3) is 4.46. The highest BCUT2D eigenvalue weighted by Gasteiger charge is 2.18. The lowest BCUT2D eigenvalue weighted by Gasteiger charge is -2.11. The number of primary amides is 1. The van der Waals surface area contributed by atoms with Gasteiger partial charge in [0.05, 0.1) is 12.3 Å². The second-order valence-corrected chi connectivity index (χ2v) is 6.68. The zero-order valence-corrected chi connectivity index (χ0v) is 15.6. The number of ether oxygens (including phenoxy) is 1. The van der Waals surface area contributed by atoms with Crippen molar-refractivity contribution in [2.24, 2.45) is 5.73 Å². The van der Waals surface area contributed by atoms with Crippen LogP contribution < -0.4 is 10.5 Å². The summed E-state index contributed by atoms with van der Waals surface area (Å²) in [7, 11) is 0. The van der Waals surface area contributed by atoms with Gasteiger partial charge in [-0.2, -0.15) is 0 Å². The molecule has 140 valence electrons. The molecule has 0 spiro atoms. The van der Waals surface area contributed by atoms with Gasteiger partial charge in [-0.1, -0.05) is 23.9 Å². The molecule has 1 aromatic heterocycles. The highest BCUT2D eigenvalue weighted by Crippen LogP contribution is 2.30. The van der Waals surface area contributed by atoms with Crippen LogP contribution in [0.25, 0.3) is 17.1 Å². The van der Waals surface area contributed by atoms with E-state index in [4.69, 9.17) is 10.5 Å². The number of carbonyl (C=O) groups excluding carboxylic acids is 1. The number of aromatic nitrogens is 3. The van der Waals surface area contributed by atoms with Crippen LogP contribution in [0.4, 0.5) is 4.39 Å². The topological polar surface area (TPSA) is 83.0 Å². The van der Waals surface area contributed by atoms with Crippen LogP contribution in [0.3, 0.4) is 0 Å². The maximum Gasteiger partial charge on any atom is 0.218 e. The van der Waals surface area contributed by atoms with Crippen molar-refractivity contribution in [3.05, 3.63) is 54.3 Å². The second-order valence-electron chi connectivity index (χ2n) is 5.62. The van der Waals surface area contributed by atoms with Crippen LogP contribution in [0, 0.1) is 5.82 Å². The van der Waals surface area contributed by atoms with E-state index in [2.05, 4.69) is 10.2 Å². The standard InChI is InChI=1S/C19H19FN4O2S/c1-2-26-14-9-7-13(8-10-14)18-22-23-19(27-12-11-17(21)25)24(18)16-6-4-3-5-15(16)20/h3-10H,2,11-12H2,1H3,(H2,21,25). The molecular formula is C19H19FN4O2S. The molecule has 8 heteroatoms. The van der Waals surface area contributed by atoms with Crippen LogP contribution in [-0.2, 0) is 4.79 Å². The van der Waals surface area contributed by atoms with Gasteiger partial charge in [0.25, 0.3) is 0 Å². The normalized spacial score (nSPS) is 10.7. The van der Waals surface area contributed by atoms with Crippen molar-refractivity contribution in [2.75, 3.05) is 12.4 Å². The maximum absolute atomic E-state index is 14.5. The Kier molecular flexibility index (Phi) is 6.08. The molecule has 3 aromatic rings. The average molecular weight is 386 g/mol. The highest BCUT2D eigenvalue weighted by atomic mass is 32.2. The molecule has 0 atom stereocenters. The lowest BCUT2D eigenvalue weighted by Crippen LogP contribution is -2.11. The Hall–Kier alpha value is -2.87. The van der Waals surface area contributed by atoms with Crippen LogP contribution >= 0.6 is 11.8 Å². The molecule has 0 saturated carbocycles. The van der Waals surface area contributed by atoms with Gasteiger partial charge in [0, 0.05) is 17.7 Å². The number of rotatable bonds is 8. The number of thioether (sulfide) groups is 1. The van der Waals surface area contributed by atoms with Crippen LogP contribution in [0.5, 0.6) is 5.75 Å². The minimum absolute atomic E-state index is 0.202. The van der Waals surface area contributed by atoms with Crippen molar-refractivity contribution < 1.29 is 13.9 Å². The molecule has 0 fully saturated rings. The summed E-state index contributed by atoms with van der Waals surface area (Å²) in [4.78, 5) is 11.0. The zero-order valence-electron chi connectivity index (χ0n) is 14.8. The molecule has 0 aliphatic heterocycles. The Bertz CT molecular complexity index is 928. The molecule has 0 radical (unpaired) electrons. The molecule has 2 N–H and O–H groups in total. The first-order valence-electron chi connectivity index (χ1n) is 8.44. The summed E-state index contributed by atoms with van der Waals surface area (Å²) in [5, 5.41) is 8.93. The molecule has 0 bridgehead atoms. The smallest absolute Gasteiger partial charge is 0.218 e. The first kappa shape index (κ1) is 18.9. The minimum Gasteiger partial charge on any atom is -0.494 e. The van der Waals surface area contributed by atoms with Gasteiger partial charge in [0.1, 0.15) is 11.6 Å². The zero-order chi connectivity index (χ0) is 19.2. The predicted octanol–water partition coefficient (Wildman–Crippen LogP) is 3.44. The molecule has 2 aromatic carbocycles. The van der Waals surface area contributed by atoms with E-state index >= 15 is 0 Å². The van der Waals surface area contributed by atoms with Crippen molar-refractivity contribution in [2.45, 2.75) is 18.5 Å². The van der Waals surface area contributed by atoms with E-state index in [1.54, 1.807) is 22.8 Å². The lowest BCUT2D eigenvalue weighted by atomic mass is 10.2. The highest BCUT2D eigenvalue weighted by molar-refractivity contribution is 7.99. The molecular weight excluding hydrogens is 367 g/mol. The fourth-order valence-electron chi connectivity index (χ4n) is 2.51. The molecule has 0 unspecified atom stereocenters. The molecule has 0 aliphatic rings. The van der Waals surface area contributed by atoms with Crippen LogP contribution in [0.2, 0.25) is 0 Å². The van der Waals surface area contributed by atoms with Gasteiger partial charge in [-0.05, 0) is 43.3 Å². The van der Waals surface area contributed by atoms with Crippen molar-refractivity contribution in [3.8, 4) is 22.8 Å². The Morgan fingerprint density at radius 2 is 1.93 bits per heavy atom. The predicted molar refractivity (Wildman–Crippen MR) is 102 cm³/mol. The fourth-order valence-corrected chi connectivity index (χ4v) is 3.41. The Morgan fingerprint density at radius 1 is 1.19 bits per heavy atom. The van der Waals surface area contributed by atoms with Gasteiger partial charge in [0.15, 0.2) is 11.0 Å². The first-order valence-corrected chi connectivity index (χ1v) is 9.43. The minimum atomic E-state index is -0.397. The Balaban J connectivity index is 2.01. The summed E-state index contributed by atoms with van der Waals surface area (Å²) in [6.07, 6.45) is 0.202. The van der Waals surface area contributed by atoms with Crippen molar-refractivity contribution in [3.63, 3.8) is 0 Å². The van der Waals surface area contributed by atoms with E-state index in [1.165, 1.54) is 17.8 Å². The van der Waals surface area contributed by atoms with Gasteiger partial charge in [-0.3, -0.25) is 9.36 Å². The second kappa shape index (κ2) is 8.68. The molecule has 1 amide bonds. The van der Waals surface area contributed by atoms with E-state index in [0.717, 1.165) is 11.3 Å².